The number of ether oxygens (including phenoxy) is 3. The summed E-state index contributed by atoms with van der Waals surface area (Å²) in [6.45, 7) is 11.7. The van der Waals surface area contributed by atoms with Crippen LogP contribution in [-0.2, 0) is 23.8 Å². The number of nitrogens with zero attached hydrogens (tertiary/aromatic N) is 4. The molecule has 2 heterocycles. The lowest BCUT2D eigenvalue weighted by Crippen LogP contribution is -2.53. The number of methoxy groups -OCH3 is 2. The van der Waals surface area contributed by atoms with Crippen LogP contribution in [0, 0.1) is 0 Å². The molecule has 29 heavy (non-hydrogen) atoms. The molecule has 9 nitrogen and oxygen atoms in total. The van der Waals surface area contributed by atoms with Crippen LogP contribution in [-0.4, -0.2) is 137 Å². The first-order chi connectivity index (χ1) is 14.0. The van der Waals surface area contributed by atoms with Gasteiger partial charge in [-0.2, -0.15) is 0 Å². The molecule has 0 radical (unpaired) electrons. The van der Waals surface area contributed by atoms with Crippen LogP contribution in [0.15, 0.2) is 0 Å². The van der Waals surface area contributed by atoms with Crippen molar-refractivity contribution >= 4 is 11.8 Å². The summed E-state index contributed by atoms with van der Waals surface area (Å²) in [5, 5.41) is 0. The third kappa shape index (κ3) is 7.49. The fourth-order valence-electron chi connectivity index (χ4n) is 3.93. The van der Waals surface area contributed by atoms with Gasteiger partial charge in [-0.1, -0.05) is 0 Å². The largest absolute Gasteiger partial charge is 0.383 e. The molecular weight excluding hydrogens is 376 g/mol. The summed E-state index contributed by atoms with van der Waals surface area (Å²) in [7, 11) is 3.41. The monoisotopic (exact) mass is 414 g/mol. The average molecular weight is 415 g/mol. The predicted molar refractivity (Wildman–Crippen MR) is 110 cm³/mol. The number of hydrogen-bond acceptors (Lipinski definition) is 7. The van der Waals surface area contributed by atoms with Crippen molar-refractivity contribution in [3.05, 3.63) is 0 Å². The lowest BCUT2D eigenvalue weighted by Gasteiger charge is -2.38. The van der Waals surface area contributed by atoms with Gasteiger partial charge in [0.05, 0.1) is 13.2 Å². The molecule has 0 aromatic rings. The second-order valence-electron chi connectivity index (χ2n) is 7.94. The summed E-state index contributed by atoms with van der Waals surface area (Å²) in [5.74, 6) is -0.0925. The fourth-order valence-corrected chi connectivity index (χ4v) is 3.93. The zero-order valence-electron chi connectivity index (χ0n) is 18.5. The molecule has 2 saturated heterocycles. The molecule has 0 aromatic carbocycles. The van der Waals surface area contributed by atoms with E-state index >= 15 is 0 Å². The summed E-state index contributed by atoms with van der Waals surface area (Å²) in [4.78, 5) is 33.0. The molecule has 0 bridgehead atoms. The number of rotatable bonds is 10. The molecule has 0 saturated carbocycles. The molecule has 2 rings (SSSR count). The first kappa shape index (κ1) is 24.0. The lowest BCUT2D eigenvalue weighted by molar-refractivity contribution is -0.144. The number of carbonyl (C=O) groups excluding carboxylic acids is 2. The van der Waals surface area contributed by atoms with E-state index in [1.807, 2.05) is 9.80 Å². The van der Waals surface area contributed by atoms with E-state index in [9.17, 15) is 9.59 Å². The van der Waals surface area contributed by atoms with Crippen LogP contribution in [0.5, 0.6) is 0 Å². The predicted octanol–water partition coefficient (Wildman–Crippen LogP) is -0.639. The van der Waals surface area contributed by atoms with E-state index in [0.717, 1.165) is 26.2 Å². The molecule has 0 aromatic heterocycles. The molecule has 9 heteroatoms. The molecule has 0 aliphatic carbocycles. The van der Waals surface area contributed by atoms with E-state index in [2.05, 4.69) is 23.6 Å². The lowest BCUT2D eigenvalue weighted by atomic mass is 10.2. The smallest absolute Gasteiger partial charge is 0.248 e. The van der Waals surface area contributed by atoms with E-state index < -0.39 is 0 Å². The second-order valence-corrected chi connectivity index (χ2v) is 7.94. The summed E-state index contributed by atoms with van der Waals surface area (Å²) >= 11 is 0. The van der Waals surface area contributed by atoms with Gasteiger partial charge in [0.15, 0.2) is 0 Å². The van der Waals surface area contributed by atoms with Crippen LogP contribution < -0.4 is 0 Å². The van der Waals surface area contributed by atoms with Gasteiger partial charge in [0.1, 0.15) is 13.2 Å². The van der Waals surface area contributed by atoms with Crippen LogP contribution in [0.1, 0.15) is 13.8 Å². The van der Waals surface area contributed by atoms with Gasteiger partial charge in [0, 0.05) is 78.7 Å². The molecular formula is C20H38N4O5. The SMILES string of the molecule is COCC(C)N1CCN(C(=O)COCC(=O)N2CCN(C(C)COC)CC2)CC1. The van der Waals surface area contributed by atoms with Crippen molar-refractivity contribution in [3.63, 3.8) is 0 Å². The Morgan fingerprint density at radius 3 is 1.34 bits per heavy atom. The van der Waals surface area contributed by atoms with Gasteiger partial charge < -0.3 is 24.0 Å². The standard InChI is InChI=1S/C20H38N4O5/c1-17(13-27-3)21-5-9-23(10-6-21)19(25)15-29-16-20(26)24-11-7-22(8-12-24)18(2)14-28-4/h17-18H,5-16H2,1-4H3. The molecule has 0 spiro atoms. The Morgan fingerprint density at radius 2 is 1.03 bits per heavy atom. The Morgan fingerprint density at radius 1 is 0.690 bits per heavy atom. The van der Waals surface area contributed by atoms with Crippen molar-refractivity contribution in [2.45, 2.75) is 25.9 Å². The van der Waals surface area contributed by atoms with Crippen LogP contribution in [0.25, 0.3) is 0 Å². The fraction of sp³-hybridized carbons (Fsp3) is 0.900. The van der Waals surface area contributed by atoms with Gasteiger partial charge in [-0.15, -0.1) is 0 Å². The van der Waals surface area contributed by atoms with Crippen LogP contribution >= 0.6 is 0 Å². The van der Waals surface area contributed by atoms with E-state index in [4.69, 9.17) is 14.2 Å². The van der Waals surface area contributed by atoms with E-state index in [0.29, 0.717) is 51.5 Å². The normalized spacial score (nSPS) is 21.2. The zero-order chi connectivity index (χ0) is 21.2. The maximum absolute atomic E-state index is 12.4. The minimum absolute atomic E-state index is 0.0375. The van der Waals surface area contributed by atoms with Crippen LogP contribution in [0.4, 0.5) is 0 Å². The first-order valence-corrected chi connectivity index (χ1v) is 10.6. The van der Waals surface area contributed by atoms with Crippen LogP contribution in [0.2, 0.25) is 0 Å². The van der Waals surface area contributed by atoms with Gasteiger partial charge >= 0.3 is 0 Å². The molecule has 168 valence electrons. The number of piperazine rings is 2. The van der Waals surface area contributed by atoms with E-state index in [-0.39, 0.29) is 25.0 Å². The highest BCUT2D eigenvalue weighted by atomic mass is 16.5. The Balaban J connectivity index is 1.61. The molecule has 2 unspecified atom stereocenters. The highest BCUT2D eigenvalue weighted by molar-refractivity contribution is 5.80. The Labute approximate surface area is 174 Å². The zero-order valence-corrected chi connectivity index (χ0v) is 18.5. The van der Waals surface area contributed by atoms with E-state index in [1.165, 1.54) is 0 Å². The molecule has 2 fully saturated rings. The van der Waals surface area contributed by atoms with E-state index in [1.54, 1.807) is 14.2 Å². The number of carbonyl (C=O) groups is 2. The molecule has 2 amide bonds. The van der Waals surface area contributed by atoms with Crippen molar-refractivity contribution < 1.29 is 23.8 Å². The summed E-state index contributed by atoms with van der Waals surface area (Å²) in [6.07, 6.45) is 0. The minimum atomic E-state index is -0.0462. The molecule has 2 aliphatic heterocycles. The highest BCUT2D eigenvalue weighted by Crippen LogP contribution is 2.09. The maximum atomic E-state index is 12.4. The van der Waals surface area contributed by atoms with Gasteiger partial charge in [-0.05, 0) is 13.8 Å². The van der Waals surface area contributed by atoms with Gasteiger partial charge in [-0.25, -0.2) is 0 Å². The van der Waals surface area contributed by atoms with Crippen LogP contribution in [0.3, 0.4) is 0 Å². The third-order valence-corrected chi connectivity index (χ3v) is 5.85. The van der Waals surface area contributed by atoms with Crippen molar-refractivity contribution in [1.82, 2.24) is 19.6 Å². The average Bonchev–Trinajstić information content (AvgIpc) is 2.74. The quantitative estimate of drug-likeness (QED) is 0.471. The van der Waals surface area contributed by atoms with Gasteiger partial charge in [0.25, 0.3) is 0 Å². The summed E-state index contributed by atoms with van der Waals surface area (Å²) in [5.41, 5.74) is 0. The number of hydrogen-bond donors (Lipinski definition) is 0. The molecule has 2 aliphatic rings. The Kier molecular flexibility index (Phi) is 10.3. The maximum Gasteiger partial charge on any atom is 0.248 e. The summed E-state index contributed by atoms with van der Waals surface area (Å²) in [6, 6.07) is 0.702. The van der Waals surface area contributed by atoms with Gasteiger partial charge in [-0.3, -0.25) is 19.4 Å². The van der Waals surface area contributed by atoms with Gasteiger partial charge in [0.2, 0.25) is 11.8 Å². The topological polar surface area (TPSA) is 74.8 Å². The molecule has 2 atom stereocenters. The Bertz CT molecular complexity index is 461. The molecule has 0 N–H and O–H groups in total. The third-order valence-electron chi connectivity index (χ3n) is 5.85. The summed E-state index contributed by atoms with van der Waals surface area (Å²) < 4.78 is 15.8. The van der Waals surface area contributed by atoms with Crippen molar-refractivity contribution in [2.24, 2.45) is 0 Å². The second kappa shape index (κ2) is 12.4. The van der Waals surface area contributed by atoms with Crippen molar-refractivity contribution in [3.8, 4) is 0 Å². The Hall–Kier alpha value is -1.26. The minimum Gasteiger partial charge on any atom is -0.383 e. The number of amides is 2. The van der Waals surface area contributed by atoms with Crippen molar-refractivity contribution in [1.29, 1.82) is 0 Å². The highest BCUT2D eigenvalue weighted by Gasteiger charge is 2.26. The first-order valence-electron chi connectivity index (χ1n) is 10.6. The van der Waals surface area contributed by atoms with Crippen molar-refractivity contribution in [2.75, 3.05) is 93.0 Å².